The fourth-order valence-electron chi connectivity index (χ4n) is 6.36. The molecule has 11 N–H and O–H groups in total. The van der Waals surface area contributed by atoms with Crippen molar-refractivity contribution in [1.29, 1.82) is 0 Å². The maximum Gasteiger partial charge on any atom is 0.239 e. The van der Waals surface area contributed by atoms with Crippen LogP contribution in [0.2, 0.25) is 0 Å². The van der Waals surface area contributed by atoms with Gasteiger partial charge in [0.15, 0.2) is 24.4 Å². The van der Waals surface area contributed by atoms with E-state index in [4.69, 9.17) is 37.6 Å². The topological polar surface area (TPSA) is 317 Å². The Morgan fingerprint density at radius 2 is 1.35 bits per heavy atom. The Hall–Kier alpha value is -3.71. The van der Waals surface area contributed by atoms with Gasteiger partial charge in [-0.3, -0.25) is 4.79 Å². The molecule has 0 bridgehead atoms. The number of hydrogen-bond acceptors (Lipinski definition) is 20. The van der Waals surface area contributed by atoms with Crippen molar-refractivity contribution in [3.05, 3.63) is 46.6 Å². The lowest BCUT2D eigenvalue weighted by atomic mass is 9.97. The van der Waals surface area contributed by atoms with Crippen molar-refractivity contribution in [1.82, 2.24) is 0 Å². The summed E-state index contributed by atoms with van der Waals surface area (Å²) in [6.07, 6.45) is -25.9. The second-order valence-corrected chi connectivity index (χ2v) is 13.1. The number of hydrogen-bond donors (Lipinski definition) is 11. The predicted octanol–water partition coefficient (Wildman–Crippen LogP) is -3.27. The summed E-state index contributed by atoms with van der Waals surface area (Å²) >= 11 is 0. The minimum absolute atomic E-state index is 0.125. The number of phenolic OH excluding ortho intramolecular Hbond substituents is 2. The number of ether oxygens (including phenoxy) is 7. The molecule has 1 aromatic heterocycles. The first-order valence-electron chi connectivity index (χ1n) is 16.8. The molecule has 15 atom stereocenters. The van der Waals surface area contributed by atoms with Crippen LogP contribution in [0, 0.1) is 0 Å². The molecule has 0 saturated carbocycles. The van der Waals surface area contributed by atoms with Gasteiger partial charge in [-0.1, -0.05) is 0 Å². The zero-order valence-electron chi connectivity index (χ0n) is 28.6. The number of fused-ring (bicyclic) bond motifs is 1. The molecule has 2 aromatic carbocycles. The molecule has 20 nitrogen and oxygen atoms in total. The van der Waals surface area contributed by atoms with Gasteiger partial charge >= 0.3 is 0 Å². The van der Waals surface area contributed by atoms with E-state index >= 15 is 0 Å². The van der Waals surface area contributed by atoms with E-state index in [1.165, 1.54) is 44.4 Å². The van der Waals surface area contributed by atoms with E-state index in [0.717, 1.165) is 6.07 Å². The third-order valence-electron chi connectivity index (χ3n) is 9.52. The first-order valence-corrected chi connectivity index (χ1v) is 16.8. The van der Waals surface area contributed by atoms with Crippen molar-refractivity contribution in [2.75, 3.05) is 20.3 Å². The Labute approximate surface area is 305 Å². The Kier molecular flexibility index (Phi) is 12.0. The minimum Gasteiger partial charge on any atom is -0.508 e. The van der Waals surface area contributed by atoms with E-state index in [1.54, 1.807) is 0 Å². The van der Waals surface area contributed by atoms with E-state index in [9.17, 15) is 61.0 Å². The lowest BCUT2D eigenvalue weighted by Crippen LogP contribution is -2.65. The van der Waals surface area contributed by atoms with Crippen LogP contribution in [-0.4, -0.2) is 169 Å². The molecule has 3 aromatic rings. The molecular formula is C34H42O20. The largest absolute Gasteiger partial charge is 0.508 e. The Balaban J connectivity index is 1.40. The highest BCUT2D eigenvalue weighted by molar-refractivity contribution is 5.88. The summed E-state index contributed by atoms with van der Waals surface area (Å²) < 4.78 is 45.5. The summed E-state index contributed by atoms with van der Waals surface area (Å²) in [6, 6.07) is 7.75. The molecule has 0 radical (unpaired) electrons. The van der Waals surface area contributed by atoms with Crippen molar-refractivity contribution in [3.8, 4) is 34.3 Å². The highest BCUT2D eigenvalue weighted by Gasteiger charge is 2.52. The Bertz CT molecular complexity index is 1800. The maximum absolute atomic E-state index is 14.2. The number of rotatable bonds is 10. The van der Waals surface area contributed by atoms with Gasteiger partial charge in [0, 0.05) is 17.7 Å². The van der Waals surface area contributed by atoms with Gasteiger partial charge in [-0.05, 0) is 31.2 Å². The van der Waals surface area contributed by atoms with Crippen LogP contribution in [0.1, 0.15) is 6.92 Å². The molecular weight excluding hydrogens is 728 g/mol. The summed E-state index contributed by atoms with van der Waals surface area (Å²) in [5.74, 6) is -1.53. The molecule has 0 unspecified atom stereocenters. The quantitative estimate of drug-likeness (QED) is 0.0964. The second-order valence-electron chi connectivity index (χ2n) is 13.1. The lowest BCUT2D eigenvalue weighted by molar-refractivity contribution is -0.362. The fraction of sp³-hybridized carbons (Fsp3) is 0.559. The zero-order chi connectivity index (χ0) is 39.2. The molecule has 3 fully saturated rings. The van der Waals surface area contributed by atoms with Gasteiger partial charge in [0.1, 0.15) is 89.3 Å². The number of aliphatic hydroxyl groups is 9. The van der Waals surface area contributed by atoms with Crippen molar-refractivity contribution in [2.45, 2.75) is 99.0 Å². The summed E-state index contributed by atoms with van der Waals surface area (Å²) in [6.45, 7) is -0.108. The van der Waals surface area contributed by atoms with Gasteiger partial charge in [0.05, 0.1) is 26.4 Å². The Morgan fingerprint density at radius 3 is 2.02 bits per heavy atom. The van der Waals surface area contributed by atoms with E-state index < -0.39 is 122 Å². The highest BCUT2D eigenvalue weighted by Crippen LogP contribution is 2.39. The van der Waals surface area contributed by atoms with Gasteiger partial charge in [0.25, 0.3) is 0 Å². The molecule has 3 saturated heterocycles. The first-order chi connectivity index (χ1) is 25.6. The predicted molar refractivity (Wildman–Crippen MR) is 176 cm³/mol. The average molecular weight is 771 g/mol. The third-order valence-corrected chi connectivity index (χ3v) is 9.52. The molecule has 54 heavy (non-hydrogen) atoms. The van der Waals surface area contributed by atoms with Gasteiger partial charge in [-0.15, -0.1) is 0 Å². The molecule has 3 aliphatic rings. The van der Waals surface area contributed by atoms with Gasteiger partial charge in [-0.25, -0.2) is 0 Å². The number of aromatic hydroxyl groups is 2. The lowest BCUT2D eigenvalue weighted by Gasteiger charge is -2.46. The minimum atomic E-state index is -2.05. The van der Waals surface area contributed by atoms with Crippen LogP contribution in [-0.2, 0) is 23.7 Å². The van der Waals surface area contributed by atoms with E-state index in [0.29, 0.717) is 0 Å². The maximum atomic E-state index is 14.2. The molecule has 3 aliphatic heterocycles. The fourth-order valence-corrected chi connectivity index (χ4v) is 6.36. The van der Waals surface area contributed by atoms with Gasteiger partial charge in [-0.2, -0.15) is 0 Å². The van der Waals surface area contributed by atoms with Crippen molar-refractivity contribution in [3.63, 3.8) is 0 Å². The van der Waals surface area contributed by atoms with Crippen molar-refractivity contribution in [2.24, 2.45) is 0 Å². The summed E-state index contributed by atoms with van der Waals surface area (Å²) in [4.78, 5) is 14.2. The van der Waals surface area contributed by atoms with Gasteiger partial charge in [0.2, 0.25) is 17.5 Å². The monoisotopic (exact) mass is 770 g/mol. The van der Waals surface area contributed by atoms with Crippen LogP contribution in [0.4, 0.5) is 0 Å². The molecule has 0 amide bonds. The number of methoxy groups -OCH3 is 1. The standard InChI is InChI=1S/C34H42O20/c1-11-20(38)24(42)27(45)32(49-11)48-10-18-22(40)26(44)31(54-33-28(46)25(43)21(39)17(9-35)51-33)34(52-18)53-30-23(41)19-15(37)7-14(47-2)8-16(19)50-29(30)12-3-5-13(36)6-4-12/h3-8,11,17-18,20-22,24-28,31-40,42-46H,9-10H2,1-2H3/t11-,17+,18+,20-,21+,22+,24+,25-,26-,27+,28+,31+,32+,33-,34-/m0/s1. The van der Waals surface area contributed by atoms with Crippen LogP contribution in [0.5, 0.6) is 23.0 Å². The third kappa shape index (κ3) is 7.59. The van der Waals surface area contributed by atoms with Crippen LogP contribution in [0.25, 0.3) is 22.3 Å². The number of aliphatic hydroxyl groups excluding tert-OH is 9. The summed E-state index contributed by atoms with van der Waals surface area (Å²) in [5.41, 5.74) is -0.978. The smallest absolute Gasteiger partial charge is 0.239 e. The SMILES string of the molecule is COc1cc(O)c2c(=O)c(O[C@@H]3O[C@H](CO[C@@H]4O[C@@H](C)[C@H](O)[C@@H](O)[C@H]4O)[C@@H](O)[C@H](O)[C@H]3O[C@@H]3O[C@H](CO)[C@@H](O)[C@H](O)[C@H]3O)c(-c3ccc(O)cc3)oc2c1. The second kappa shape index (κ2) is 16.2. The Morgan fingerprint density at radius 1 is 0.722 bits per heavy atom. The number of phenols is 2. The van der Waals surface area contributed by atoms with Crippen molar-refractivity contribution >= 4 is 11.0 Å². The highest BCUT2D eigenvalue weighted by atomic mass is 16.8. The van der Waals surface area contributed by atoms with E-state index in [2.05, 4.69) is 0 Å². The summed E-state index contributed by atoms with van der Waals surface area (Å²) in [7, 11) is 1.32. The molecule has 298 valence electrons. The van der Waals surface area contributed by atoms with Gasteiger partial charge < -0.3 is 93.7 Å². The average Bonchev–Trinajstić information content (AvgIpc) is 3.15. The number of benzene rings is 2. The normalized spacial score (nSPS) is 37.3. The van der Waals surface area contributed by atoms with E-state index in [1.807, 2.05) is 0 Å². The van der Waals surface area contributed by atoms with Crippen molar-refractivity contribution < 1.29 is 93.7 Å². The van der Waals surface area contributed by atoms with Crippen LogP contribution in [0.3, 0.4) is 0 Å². The van der Waals surface area contributed by atoms with Crippen LogP contribution < -0.4 is 14.9 Å². The molecule has 4 heterocycles. The first kappa shape index (κ1) is 40.0. The molecule has 0 spiro atoms. The van der Waals surface area contributed by atoms with Crippen LogP contribution in [0.15, 0.2) is 45.6 Å². The molecule has 0 aliphatic carbocycles. The van der Waals surface area contributed by atoms with E-state index in [-0.39, 0.29) is 33.8 Å². The molecule has 6 rings (SSSR count). The molecule has 20 heteroatoms. The summed E-state index contributed by atoms with van der Waals surface area (Å²) in [5, 5.41) is 115. The zero-order valence-corrected chi connectivity index (χ0v) is 28.6. The van der Waals surface area contributed by atoms with Crippen LogP contribution >= 0.6 is 0 Å².